The lowest BCUT2D eigenvalue weighted by Gasteiger charge is -2.35. The van der Waals surface area contributed by atoms with Crippen LogP contribution in [-0.2, 0) is 0 Å². The maximum atomic E-state index is 6.03. The largest absolute Gasteiger partial charge is 0.307 e. The van der Waals surface area contributed by atoms with E-state index >= 15 is 0 Å². The predicted octanol–water partition coefficient (Wildman–Crippen LogP) is 5.35. The first-order valence-electron chi connectivity index (χ1n) is 8.29. The van der Waals surface area contributed by atoms with Crippen molar-refractivity contribution in [1.29, 1.82) is 0 Å². The minimum atomic E-state index is 0.546. The topological polar surface area (TPSA) is 12.0 Å². The molecule has 1 aromatic rings. The Kier molecular flexibility index (Phi) is 4.68. The van der Waals surface area contributed by atoms with E-state index in [2.05, 4.69) is 24.4 Å². The molecule has 0 radical (unpaired) electrons. The number of benzene rings is 1. The zero-order valence-electron chi connectivity index (χ0n) is 12.4. The molecule has 3 atom stereocenters. The summed E-state index contributed by atoms with van der Waals surface area (Å²) in [5, 5.41) is 4.85. The third-order valence-corrected chi connectivity index (χ3v) is 5.40. The highest BCUT2D eigenvalue weighted by Crippen LogP contribution is 2.42. The van der Waals surface area contributed by atoms with Crippen molar-refractivity contribution in [2.24, 2.45) is 11.8 Å². The van der Waals surface area contributed by atoms with Crippen molar-refractivity contribution in [3.63, 3.8) is 0 Å². The molecule has 2 aliphatic rings. The van der Waals surface area contributed by atoms with Gasteiger partial charge in [0, 0.05) is 17.1 Å². The average molecular weight is 292 g/mol. The van der Waals surface area contributed by atoms with Crippen LogP contribution in [0, 0.1) is 11.8 Å². The quantitative estimate of drug-likeness (QED) is 0.771. The molecular formula is C18H26ClN. The van der Waals surface area contributed by atoms with Crippen molar-refractivity contribution in [1.82, 2.24) is 5.32 Å². The summed E-state index contributed by atoms with van der Waals surface area (Å²) >= 11 is 6.03. The molecule has 20 heavy (non-hydrogen) atoms. The van der Waals surface area contributed by atoms with Crippen LogP contribution in [0.5, 0.6) is 0 Å². The van der Waals surface area contributed by atoms with E-state index in [9.17, 15) is 0 Å². The Morgan fingerprint density at radius 1 is 1.10 bits per heavy atom. The Hall–Kier alpha value is -0.530. The molecule has 0 amide bonds. The molecule has 0 aliphatic heterocycles. The fourth-order valence-electron chi connectivity index (χ4n) is 3.75. The first-order valence-corrected chi connectivity index (χ1v) is 8.67. The van der Waals surface area contributed by atoms with Gasteiger partial charge in [-0.05, 0) is 55.2 Å². The van der Waals surface area contributed by atoms with Crippen LogP contribution in [0.4, 0.5) is 0 Å². The SMILES string of the molecule is CCC1CCCCC1NC(c1ccc(Cl)cc1)C1CC1. The van der Waals surface area contributed by atoms with Gasteiger partial charge in [-0.15, -0.1) is 0 Å². The summed E-state index contributed by atoms with van der Waals surface area (Å²) in [6, 6.07) is 9.75. The van der Waals surface area contributed by atoms with Gasteiger partial charge in [0.25, 0.3) is 0 Å². The first kappa shape index (κ1) is 14.4. The third kappa shape index (κ3) is 3.38. The Labute approximate surface area is 128 Å². The maximum absolute atomic E-state index is 6.03. The summed E-state index contributed by atoms with van der Waals surface area (Å²) in [4.78, 5) is 0. The van der Waals surface area contributed by atoms with Gasteiger partial charge in [-0.2, -0.15) is 0 Å². The van der Waals surface area contributed by atoms with Crippen molar-refractivity contribution in [3.8, 4) is 0 Å². The fraction of sp³-hybridized carbons (Fsp3) is 0.667. The van der Waals surface area contributed by atoms with Gasteiger partial charge in [0.2, 0.25) is 0 Å². The second-order valence-electron chi connectivity index (χ2n) is 6.59. The number of halogens is 1. The lowest BCUT2D eigenvalue weighted by Crippen LogP contribution is -2.41. The molecule has 1 nitrogen and oxygen atoms in total. The molecule has 0 aromatic heterocycles. The van der Waals surface area contributed by atoms with Crippen molar-refractivity contribution < 1.29 is 0 Å². The van der Waals surface area contributed by atoms with E-state index in [1.54, 1.807) is 0 Å². The molecule has 3 rings (SSSR count). The Morgan fingerprint density at radius 2 is 1.80 bits per heavy atom. The van der Waals surface area contributed by atoms with Gasteiger partial charge in [0.15, 0.2) is 0 Å². The molecule has 110 valence electrons. The van der Waals surface area contributed by atoms with E-state index in [1.807, 2.05) is 12.1 Å². The van der Waals surface area contributed by atoms with Gasteiger partial charge in [0.05, 0.1) is 0 Å². The van der Waals surface area contributed by atoms with Crippen LogP contribution in [0.2, 0.25) is 5.02 Å². The molecule has 2 saturated carbocycles. The fourth-order valence-corrected chi connectivity index (χ4v) is 3.88. The third-order valence-electron chi connectivity index (χ3n) is 5.15. The Morgan fingerprint density at radius 3 is 2.45 bits per heavy atom. The minimum absolute atomic E-state index is 0.546. The molecule has 0 spiro atoms. The number of rotatable bonds is 5. The smallest absolute Gasteiger partial charge is 0.0406 e. The number of nitrogens with one attached hydrogen (secondary N) is 1. The lowest BCUT2D eigenvalue weighted by molar-refractivity contribution is 0.229. The van der Waals surface area contributed by atoms with E-state index in [-0.39, 0.29) is 0 Å². The molecule has 0 bridgehead atoms. The number of hydrogen-bond donors (Lipinski definition) is 1. The van der Waals surface area contributed by atoms with Gasteiger partial charge >= 0.3 is 0 Å². The van der Waals surface area contributed by atoms with Crippen LogP contribution in [0.3, 0.4) is 0 Å². The van der Waals surface area contributed by atoms with Gasteiger partial charge in [0.1, 0.15) is 0 Å². The molecular weight excluding hydrogens is 266 g/mol. The monoisotopic (exact) mass is 291 g/mol. The normalized spacial score (nSPS) is 28.3. The zero-order valence-corrected chi connectivity index (χ0v) is 13.2. The molecule has 0 heterocycles. The van der Waals surface area contributed by atoms with Crippen molar-refractivity contribution in [3.05, 3.63) is 34.9 Å². The van der Waals surface area contributed by atoms with E-state index in [0.717, 1.165) is 22.9 Å². The maximum Gasteiger partial charge on any atom is 0.0406 e. The van der Waals surface area contributed by atoms with E-state index in [0.29, 0.717) is 6.04 Å². The van der Waals surface area contributed by atoms with Gasteiger partial charge in [-0.3, -0.25) is 0 Å². The molecule has 1 N–H and O–H groups in total. The van der Waals surface area contributed by atoms with E-state index in [1.165, 1.54) is 50.5 Å². The highest BCUT2D eigenvalue weighted by Gasteiger charge is 2.35. The molecule has 1 aromatic carbocycles. The van der Waals surface area contributed by atoms with Crippen LogP contribution in [-0.4, -0.2) is 6.04 Å². The Balaban J connectivity index is 1.72. The van der Waals surface area contributed by atoms with Crippen LogP contribution < -0.4 is 5.32 Å². The second kappa shape index (κ2) is 6.49. The second-order valence-corrected chi connectivity index (χ2v) is 7.03. The minimum Gasteiger partial charge on any atom is -0.307 e. The highest BCUT2D eigenvalue weighted by atomic mass is 35.5. The molecule has 2 heteroatoms. The standard InChI is InChI=1S/C18H26ClN/c1-2-13-5-3-4-6-17(13)20-18(14-7-8-14)15-9-11-16(19)12-10-15/h9-14,17-18,20H,2-8H2,1H3. The van der Waals surface area contributed by atoms with Gasteiger partial charge in [-0.25, -0.2) is 0 Å². The Bertz CT molecular complexity index is 424. The summed E-state index contributed by atoms with van der Waals surface area (Å²) < 4.78 is 0. The molecule has 2 aliphatic carbocycles. The van der Waals surface area contributed by atoms with Crippen LogP contribution in [0.15, 0.2) is 24.3 Å². The highest BCUT2D eigenvalue weighted by molar-refractivity contribution is 6.30. The van der Waals surface area contributed by atoms with E-state index in [4.69, 9.17) is 11.6 Å². The summed E-state index contributed by atoms with van der Waals surface area (Å²) in [6.45, 7) is 2.35. The number of hydrogen-bond acceptors (Lipinski definition) is 1. The predicted molar refractivity (Wildman–Crippen MR) is 86.1 cm³/mol. The summed E-state index contributed by atoms with van der Waals surface area (Å²) in [6.07, 6.45) is 9.66. The van der Waals surface area contributed by atoms with Crippen molar-refractivity contribution in [2.75, 3.05) is 0 Å². The summed E-state index contributed by atoms with van der Waals surface area (Å²) in [5.41, 5.74) is 1.43. The van der Waals surface area contributed by atoms with Crippen molar-refractivity contribution in [2.45, 2.75) is 64.0 Å². The summed E-state index contributed by atoms with van der Waals surface area (Å²) in [5.74, 6) is 1.72. The van der Waals surface area contributed by atoms with Crippen molar-refractivity contribution >= 4 is 11.6 Å². The van der Waals surface area contributed by atoms with Crippen LogP contribution in [0.1, 0.15) is 63.5 Å². The molecule has 3 unspecified atom stereocenters. The molecule has 2 fully saturated rings. The first-order chi connectivity index (χ1) is 9.78. The van der Waals surface area contributed by atoms with Crippen LogP contribution in [0.25, 0.3) is 0 Å². The van der Waals surface area contributed by atoms with Crippen LogP contribution >= 0.6 is 11.6 Å². The van der Waals surface area contributed by atoms with Gasteiger partial charge in [-0.1, -0.05) is 49.9 Å². The molecule has 0 saturated heterocycles. The zero-order chi connectivity index (χ0) is 13.9. The lowest BCUT2D eigenvalue weighted by atomic mass is 9.82. The average Bonchev–Trinajstić information content (AvgIpc) is 3.31. The summed E-state index contributed by atoms with van der Waals surface area (Å²) in [7, 11) is 0. The van der Waals surface area contributed by atoms with Gasteiger partial charge < -0.3 is 5.32 Å². The van der Waals surface area contributed by atoms with E-state index < -0.39 is 0 Å².